The summed E-state index contributed by atoms with van der Waals surface area (Å²) in [5, 5.41) is 1.22. The molecule has 0 aliphatic carbocycles. The molecule has 1 N–H and O–H groups in total. The van der Waals surface area contributed by atoms with Gasteiger partial charge in [0.25, 0.3) is 0 Å². The zero-order chi connectivity index (χ0) is 11.8. The topological polar surface area (TPSA) is 15.8 Å². The number of benzene rings is 2. The van der Waals surface area contributed by atoms with E-state index < -0.39 is 0 Å². The summed E-state index contributed by atoms with van der Waals surface area (Å²) in [6, 6.07) is 17.1. The summed E-state index contributed by atoms with van der Waals surface area (Å²) in [5.74, 6) is 0. The van der Waals surface area contributed by atoms with Gasteiger partial charge in [-0.2, -0.15) is 0 Å². The van der Waals surface area contributed by atoms with Crippen molar-refractivity contribution in [3.63, 3.8) is 0 Å². The number of fused-ring (bicyclic) bond motifs is 1. The predicted octanol–water partition coefficient (Wildman–Crippen LogP) is 4.33. The van der Waals surface area contributed by atoms with Gasteiger partial charge in [0.15, 0.2) is 0 Å². The van der Waals surface area contributed by atoms with Crippen LogP contribution in [0.3, 0.4) is 0 Å². The van der Waals surface area contributed by atoms with Gasteiger partial charge in [0.05, 0.1) is 0 Å². The lowest BCUT2D eigenvalue weighted by Gasteiger charge is -2.03. The monoisotopic (exact) mass is 220 g/mol. The van der Waals surface area contributed by atoms with Gasteiger partial charge in [0, 0.05) is 16.6 Å². The van der Waals surface area contributed by atoms with Gasteiger partial charge in [-0.25, -0.2) is 0 Å². The molecule has 0 saturated carbocycles. The summed E-state index contributed by atoms with van der Waals surface area (Å²) in [5.41, 5.74) is 5.90. The van der Waals surface area contributed by atoms with E-state index in [1.807, 2.05) is 0 Å². The highest BCUT2D eigenvalue weighted by Gasteiger charge is 2.01. The Labute approximate surface area is 101 Å². The SMILES string of the molecule is [CH2]c1cc2cc(-c3cccc(C)c3)ccc2[nH]1. The van der Waals surface area contributed by atoms with E-state index in [0.717, 1.165) is 11.2 Å². The molecule has 1 nitrogen and oxygen atoms in total. The normalized spacial score (nSPS) is 10.9. The van der Waals surface area contributed by atoms with Crippen molar-refractivity contribution in [2.45, 2.75) is 6.92 Å². The highest BCUT2D eigenvalue weighted by Crippen LogP contribution is 2.25. The Morgan fingerprint density at radius 3 is 2.59 bits per heavy atom. The van der Waals surface area contributed by atoms with Crippen LogP contribution in [0.25, 0.3) is 22.0 Å². The minimum atomic E-state index is 0.960. The van der Waals surface area contributed by atoms with Gasteiger partial charge in [0.1, 0.15) is 0 Å². The van der Waals surface area contributed by atoms with E-state index in [0.29, 0.717) is 0 Å². The first-order valence-corrected chi connectivity index (χ1v) is 5.74. The number of hydrogen-bond acceptors (Lipinski definition) is 0. The fourth-order valence-electron chi connectivity index (χ4n) is 2.20. The highest BCUT2D eigenvalue weighted by molar-refractivity contribution is 5.86. The fraction of sp³-hybridized carbons (Fsp3) is 0.0625. The molecule has 0 aliphatic heterocycles. The molecule has 0 fully saturated rings. The molecular formula is C16H14N. The van der Waals surface area contributed by atoms with Gasteiger partial charge < -0.3 is 4.98 Å². The summed E-state index contributed by atoms with van der Waals surface area (Å²) >= 11 is 0. The second-order valence-corrected chi connectivity index (χ2v) is 4.47. The van der Waals surface area contributed by atoms with Crippen molar-refractivity contribution in [3.8, 4) is 11.1 Å². The zero-order valence-corrected chi connectivity index (χ0v) is 9.83. The number of nitrogens with one attached hydrogen (secondary N) is 1. The van der Waals surface area contributed by atoms with Crippen LogP contribution in [0.15, 0.2) is 48.5 Å². The molecule has 0 bridgehead atoms. The molecule has 0 atom stereocenters. The van der Waals surface area contributed by atoms with Crippen LogP contribution >= 0.6 is 0 Å². The Balaban J connectivity index is 2.17. The zero-order valence-electron chi connectivity index (χ0n) is 9.83. The molecule has 0 amide bonds. The van der Waals surface area contributed by atoms with Crippen molar-refractivity contribution in [1.29, 1.82) is 0 Å². The molecule has 0 unspecified atom stereocenters. The molecule has 3 aromatic rings. The van der Waals surface area contributed by atoms with Gasteiger partial charge >= 0.3 is 0 Å². The van der Waals surface area contributed by atoms with E-state index in [9.17, 15) is 0 Å². The van der Waals surface area contributed by atoms with Gasteiger partial charge in [-0.15, -0.1) is 0 Å². The Hall–Kier alpha value is -2.02. The molecule has 1 radical (unpaired) electrons. The largest absolute Gasteiger partial charge is 0.358 e. The maximum absolute atomic E-state index is 3.92. The lowest BCUT2D eigenvalue weighted by atomic mass is 10.0. The fourth-order valence-corrected chi connectivity index (χ4v) is 2.20. The van der Waals surface area contributed by atoms with Crippen LogP contribution < -0.4 is 0 Å². The van der Waals surface area contributed by atoms with E-state index in [1.165, 1.54) is 22.1 Å². The van der Waals surface area contributed by atoms with E-state index >= 15 is 0 Å². The van der Waals surface area contributed by atoms with Crippen LogP contribution in [0.5, 0.6) is 0 Å². The third-order valence-electron chi connectivity index (χ3n) is 3.03. The Morgan fingerprint density at radius 1 is 0.941 bits per heavy atom. The van der Waals surface area contributed by atoms with Crippen molar-refractivity contribution < 1.29 is 0 Å². The molecule has 0 spiro atoms. The van der Waals surface area contributed by atoms with Gasteiger partial charge in [-0.3, -0.25) is 0 Å². The van der Waals surface area contributed by atoms with Gasteiger partial charge in [-0.1, -0.05) is 35.9 Å². The number of rotatable bonds is 1. The van der Waals surface area contributed by atoms with Crippen LogP contribution in [0, 0.1) is 13.8 Å². The number of aromatic nitrogens is 1. The lowest BCUT2D eigenvalue weighted by Crippen LogP contribution is -1.79. The maximum atomic E-state index is 3.92. The Bertz CT molecular complexity index is 677. The minimum absolute atomic E-state index is 0.960. The van der Waals surface area contributed by atoms with Gasteiger partial charge in [0.2, 0.25) is 0 Å². The lowest BCUT2D eigenvalue weighted by molar-refractivity contribution is 1.39. The standard InChI is InChI=1S/C16H14N/c1-11-4-3-5-13(8-11)14-6-7-16-15(10-14)9-12(2)17-16/h3-10,17H,2H2,1H3. The minimum Gasteiger partial charge on any atom is -0.358 e. The summed E-state index contributed by atoms with van der Waals surface area (Å²) in [4.78, 5) is 3.24. The molecule has 1 aromatic heterocycles. The Kier molecular flexibility index (Phi) is 2.25. The summed E-state index contributed by atoms with van der Waals surface area (Å²) < 4.78 is 0. The van der Waals surface area contributed by atoms with Crippen LogP contribution in [-0.2, 0) is 0 Å². The smallest absolute Gasteiger partial charge is 0.0456 e. The third-order valence-corrected chi connectivity index (χ3v) is 3.03. The van der Waals surface area contributed by atoms with E-state index in [-0.39, 0.29) is 0 Å². The predicted molar refractivity (Wildman–Crippen MR) is 72.9 cm³/mol. The number of H-pyrrole nitrogens is 1. The van der Waals surface area contributed by atoms with Crippen LogP contribution in [0.4, 0.5) is 0 Å². The molecule has 3 rings (SSSR count). The van der Waals surface area contributed by atoms with Crippen molar-refractivity contribution in [3.05, 3.63) is 66.7 Å². The van der Waals surface area contributed by atoms with E-state index in [1.54, 1.807) is 0 Å². The number of aryl methyl sites for hydroxylation is 1. The van der Waals surface area contributed by atoms with Gasteiger partial charge in [-0.05, 0) is 43.2 Å². The average molecular weight is 220 g/mol. The van der Waals surface area contributed by atoms with E-state index in [2.05, 4.69) is 67.4 Å². The average Bonchev–Trinajstić information content (AvgIpc) is 2.68. The first kappa shape index (κ1) is 10.2. The quantitative estimate of drug-likeness (QED) is 0.628. The van der Waals surface area contributed by atoms with Crippen molar-refractivity contribution >= 4 is 10.9 Å². The molecule has 0 aliphatic rings. The van der Waals surface area contributed by atoms with Crippen molar-refractivity contribution in [2.75, 3.05) is 0 Å². The Morgan fingerprint density at radius 2 is 1.76 bits per heavy atom. The molecular weight excluding hydrogens is 206 g/mol. The van der Waals surface area contributed by atoms with E-state index in [4.69, 9.17) is 0 Å². The molecule has 1 heteroatoms. The molecule has 83 valence electrons. The van der Waals surface area contributed by atoms with Crippen LogP contribution in [-0.4, -0.2) is 4.98 Å². The summed E-state index contributed by atoms with van der Waals surface area (Å²) in [7, 11) is 0. The first-order chi connectivity index (χ1) is 8.22. The second-order valence-electron chi connectivity index (χ2n) is 4.47. The third kappa shape index (κ3) is 1.84. The van der Waals surface area contributed by atoms with Crippen LogP contribution in [0.1, 0.15) is 11.3 Å². The van der Waals surface area contributed by atoms with Crippen molar-refractivity contribution in [2.24, 2.45) is 0 Å². The first-order valence-electron chi connectivity index (χ1n) is 5.74. The van der Waals surface area contributed by atoms with Crippen LogP contribution in [0.2, 0.25) is 0 Å². The molecule has 2 aromatic carbocycles. The molecule has 17 heavy (non-hydrogen) atoms. The molecule has 0 saturated heterocycles. The summed E-state index contributed by atoms with van der Waals surface area (Å²) in [6.45, 7) is 6.04. The number of aromatic amines is 1. The highest BCUT2D eigenvalue weighted by atomic mass is 14.7. The molecule has 1 heterocycles. The maximum Gasteiger partial charge on any atom is 0.0456 e. The number of hydrogen-bond donors (Lipinski definition) is 1. The summed E-state index contributed by atoms with van der Waals surface area (Å²) in [6.07, 6.45) is 0. The van der Waals surface area contributed by atoms with Crippen molar-refractivity contribution in [1.82, 2.24) is 4.98 Å². The second kappa shape index (κ2) is 3.77.